The van der Waals surface area contributed by atoms with Gasteiger partial charge in [0.1, 0.15) is 5.75 Å². The molecule has 2 heterocycles. The van der Waals surface area contributed by atoms with Gasteiger partial charge >= 0.3 is 0 Å². The van der Waals surface area contributed by atoms with Crippen LogP contribution in [-0.4, -0.2) is 15.1 Å². The Kier molecular flexibility index (Phi) is 3.03. The molecule has 5 heteroatoms. The minimum atomic E-state index is 0.203. The van der Waals surface area contributed by atoms with Crippen molar-refractivity contribution < 1.29 is 5.11 Å². The Morgan fingerprint density at radius 1 is 1.16 bits per heavy atom. The van der Waals surface area contributed by atoms with Gasteiger partial charge in [-0.25, -0.2) is 9.97 Å². The number of thiazole rings is 1. The maximum absolute atomic E-state index is 9.74. The van der Waals surface area contributed by atoms with Crippen LogP contribution < -0.4 is 0 Å². The van der Waals surface area contributed by atoms with E-state index in [0.29, 0.717) is 4.47 Å². The Bertz CT molecular complexity index is 782. The van der Waals surface area contributed by atoms with E-state index in [1.165, 1.54) is 0 Å². The van der Waals surface area contributed by atoms with Gasteiger partial charge in [0.15, 0.2) is 0 Å². The van der Waals surface area contributed by atoms with Crippen LogP contribution in [0.5, 0.6) is 5.75 Å². The van der Waals surface area contributed by atoms with E-state index in [4.69, 9.17) is 0 Å². The standard InChI is InChI=1S/C14H11BrN2OS/c1-7-14(19-8(2)16-7)11-4-3-9-5-10(15)13(18)6-12(9)17-11/h3-6,18H,1-2H3. The van der Waals surface area contributed by atoms with Gasteiger partial charge in [-0.05, 0) is 41.9 Å². The van der Waals surface area contributed by atoms with Crippen molar-refractivity contribution in [3.63, 3.8) is 0 Å². The first-order chi connectivity index (χ1) is 9.04. The summed E-state index contributed by atoms with van der Waals surface area (Å²) in [7, 11) is 0. The zero-order chi connectivity index (χ0) is 13.6. The summed E-state index contributed by atoms with van der Waals surface area (Å²) in [4.78, 5) is 10.1. The average Bonchev–Trinajstić information content (AvgIpc) is 2.69. The summed E-state index contributed by atoms with van der Waals surface area (Å²) in [5.41, 5.74) is 2.68. The number of phenols is 1. The molecule has 0 spiro atoms. The molecule has 0 amide bonds. The second kappa shape index (κ2) is 4.58. The van der Waals surface area contributed by atoms with Crippen molar-refractivity contribution in [1.29, 1.82) is 0 Å². The first-order valence-electron chi connectivity index (χ1n) is 5.78. The van der Waals surface area contributed by atoms with Crippen molar-refractivity contribution in [3.8, 4) is 16.3 Å². The number of hydrogen-bond donors (Lipinski definition) is 1. The Hall–Kier alpha value is -1.46. The number of pyridine rings is 1. The Morgan fingerprint density at radius 2 is 1.95 bits per heavy atom. The lowest BCUT2D eigenvalue weighted by Gasteiger charge is -2.04. The van der Waals surface area contributed by atoms with E-state index >= 15 is 0 Å². The second-order valence-corrected chi connectivity index (χ2v) is 6.40. The fourth-order valence-electron chi connectivity index (χ4n) is 2.03. The fraction of sp³-hybridized carbons (Fsp3) is 0.143. The minimum absolute atomic E-state index is 0.203. The first-order valence-corrected chi connectivity index (χ1v) is 7.39. The third-order valence-electron chi connectivity index (χ3n) is 2.89. The number of aryl methyl sites for hydroxylation is 2. The number of phenolic OH excluding ortho intramolecular Hbond substituents is 1. The van der Waals surface area contributed by atoms with E-state index in [0.717, 1.165) is 32.2 Å². The van der Waals surface area contributed by atoms with Crippen LogP contribution in [0, 0.1) is 13.8 Å². The van der Waals surface area contributed by atoms with Crippen LogP contribution in [0.3, 0.4) is 0 Å². The number of benzene rings is 1. The highest BCUT2D eigenvalue weighted by molar-refractivity contribution is 9.10. The average molecular weight is 335 g/mol. The van der Waals surface area contributed by atoms with Gasteiger partial charge in [-0.3, -0.25) is 0 Å². The van der Waals surface area contributed by atoms with Crippen molar-refractivity contribution in [3.05, 3.63) is 39.4 Å². The van der Waals surface area contributed by atoms with E-state index < -0.39 is 0 Å². The molecule has 96 valence electrons. The van der Waals surface area contributed by atoms with Gasteiger partial charge in [-0.15, -0.1) is 11.3 Å². The van der Waals surface area contributed by atoms with E-state index in [9.17, 15) is 5.11 Å². The van der Waals surface area contributed by atoms with Gasteiger partial charge in [0.2, 0.25) is 0 Å². The van der Waals surface area contributed by atoms with E-state index in [1.54, 1.807) is 17.4 Å². The third-order valence-corrected chi connectivity index (χ3v) is 4.62. The fourth-order valence-corrected chi connectivity index (χ4v) is 3.28. The Labute approximate surface area is 123 Å². The molecule has 0 saturated heterocycles. The third kappa shape index (κ3) is 2.24. The molecular weight excluding hydrogens is 324 g/mol. The summed E-state index contributed by atoms with van der Waals surface area (Å²) < 4.78 is 0.680. The van der Waals surface area contributed by atoms with Crippen LogP contribution in [0.1, 0.15) is 10.7 Å². The predicted molar refractivity (Wildman–Crippen MR) is 81.7 cm³/mol. The molecule has 3 aromatic rings. The van der Waals surface area contributed by atoms with E-state index in [2.05, 4.69) is 25.9 Å². The maximum atomic E-state index is 9.74. The van der Waals surface area contributed by atoms with E-state index in [-0.39, 0.29) is 5.75 Å². The number of nitrogens with zero attached hydrogens (tertiary/aromatic N) is 2. The van der Waals surface area contributed by atoms with Crippen molar-refractivity contribution in [2.75, 3.05) is 0 Å². The van der Waals surface area contributed by atoms with Crippen molar-refractivity contribution in [2.45, 2.75) is 13.8 Å². The molecule has 0 fully saturated rings. The van der Waals surface area contributed by atoms with Gasteiger partial charge in [-0.1, -0.05) is 6.07 Å². The lowest BCUT2D eigenvalue weighted by Crippen LogP contribution is -1.85. The number of halogens is 1. The van der Waals surface area contributed by atoms with Crippen LogP contribution in [0.4, 0.5) is 0 Å². The highest BCUT2D eigenvalue weighted by Crippen LogP contribution is 2.32. The quantitative estimate of drug-likeness (QED) is 0.715. The number of rotatable bonds is 1. The summed E-state index contributed by atoms with van der Waals surface area (Å²) in [5, 5.41) is 11.8. The summed E-state index contributed by atoms with van der Waals surface area (Å²) >= 11 is 4.95. The van der Waals surface area contributed by atoms with Crippen LogP contribution in [0.2, 0.25) is 0 Å². The summed E-state index contributed by atoms with van der Waals surface area (Å²) in [5.74, 6) is 0.203. The lowest BCUT2D eigenvalue weighted by atomic mass is 10.2. The number of fused-ring (bicyclic) bond motifs is 1. The van der Waals surface area contributed by atoms with E-state index in [1.807, 2.05) is 32.0 Å². The highest BCUT2D eigenvalue weighted by atomic mass is 79.9. The molecular formula is C14H11BrN2OS. The molecule has 3 nitrogen and oxygen atoms in total. The molecule has 1 aromatic carbocycles. The monoisotopic (exact) mass is 334 g/mol. The molecule has 2 aromatic heterocycles. The summed E-state index contributed by atoms with van der Waals surface area (Å²) in [6.07, 6.45) is 0. The second-order valence-electron chi connectivity index (χ2n) is 4.34. The van der Waals surface area contributed by atoms with Gasteiger partial charge in [0.05, 0.1) is 31.3 Å². The first kappa shape index (κ1) is 12.6. The zero-order valence-electron chi connectivity index (χ0n) is 10.4. The number of aromatic nitrogens is 2. The SMILES string of the molecule is Cc1nc(C)c(-c2ccc3cc(Br)c(O)cc3n2)s1. The Morgan fingerprint density at radius 3 is 2.63 bits per heavy atom. The van der Waals surface area contributed by atoms with Crippen LogP contribution >= 0.6 is 27.3 Å². The van der Waals surface area contributed by atoms with Gasteiger partial charge in [0, 0.05) is 11.5 Å². The topological polar surface area (TPSA) is 46.0 Å². The molecule has 0 aliphatic heterocycles. The van der Waals surface area contributed by atoms with Crippen LogP contribution in [0.25, 0.3) is 21.5 Å². The molecule has 0 radical (unpaired) electrons. The molecule has 3 rings (SSSR count). The molecule has 0 atom stereocenters. The maximum Gasteiger partial charge on any atom is 0.131 e. The normalized spacial score (nSPS) is 11.1. The highest BCUT2D eigenvalue weighted by Gasteiger charge is 2.10. The summed E-state index contributed by atoms with van der Waals surface area (Å²) in [6, 6.07) is 7.54. The zero-order valence-corrected chi connectivity index (χ0v) is 12.8. The van der Waals surface area contributed by atoms with Gasteiger partial charge < -0.3 is 5.11 Å². The molecule has 0 aliphatic rings. The van der Waals surface area contributed by atoms with Crippen molar-refractivity contribution in [2.24, 2.45) is 0 Å². The minimum Gasteiger partial charge on any atom is -0.507 e. The largest absolute Gasteiger partial charge is 0.507 e. The molecule has 0 saturated carbocycles. The molecule has 19 heavy (non-hydrogen) atoms. The van der Waals surface area contributed by atoms with Crippen molar-refractivity contribution >= 4 is 38.2 Å². The Balaban J connectivity index is 2.21. The molecule has 0 unspecified atom stereocenters. The predicted octanol–water partition coefficient (Wildman–Crippen LogP) is 4.44. The number of aromatic hydroxyl groups is 1. The van der Waals surface area contributed by atoms with Crippen LogP contribution in [0.15, 0.2) is 28.7 Å². The summed E-state index contributed by atoms with van der Waals surface area (Å²) in [6.45, 7) is 3.98. The van der Waals surface area contributed by atoms with Gasteiger partial charge in [-0.2, -0.15) is 0 Å². The number of hydrogen-bond acceptors (Lipinski definition) is 4. The smallest absolute Gasteiger partial charge is 0.131 e. The molecule has 1 N–H and O–H groups in total. The lowest BCUT2D eigenvalue weighted by molar-refractivity contribution is 0.472. The van der Waals surface area contributed by atoms with Crippen LogP contribution in [-0.2, 0) is 0 Å². The van der Waals surface area contributed by atoms with Gasteiger partial charge in [0.25, 0.3) is 0 Å². The molecule has 0 aliphatic carbocycles. The molecule has 0 bridgehead atoms. The van der Waals surface area contributed by atoms with Crippen molar-refractivity contribution in [1.82, 2.24) is 9.97 Å².